The summed E-state index contributed by atoms with van der Waals surface area (Å²) in [5.41, 5.74) is 0.565. The third-order valence-corrected chi connectivity index (χ3v) is 6.30. The SMILES string of the molecule is Cc1cc(S(=O)(=O)N2CCC(OCC3CC3)C2)ccc1C(=O)O. The molecule has 1 saturated heterocycles. The lowest BCUT2D eigenvalue weighted by Crippen LogP contribution is -2.30. The van der Waals surface area contributed by atoms with Crippen LogP contribution in [0.15, 0.2) is 23.1 Å². The second kappa shape index (κ2) is 6.22. The number of hydrogen-bond acceptors (Lipinski definition) is 4. The highest BCUT2D eigenvalue weighted by molar-refractivity contribution is 7.89. The first kappa shape index (κ1) is 16.4. The molecule has 126 valence electrons. The van der Waals surface area contributed by atoms with E-state index in [2.05, 4.69) is 0 Å². The van der Waals surface area contributed by atoms with Crippen molar-refractivity contribution in [1.29, 1.82) is 0 Å². The lowest BCUT2D eigenvalue weighted by Gasteiger charge is -2.17. The average molecular weight is 339 g/mol. The first-order valence-electron chi connectivity index (χ1n) is 7.83. The normalized spacial score (nSPS) is 22.4. The summed E-state index contributed by atoms with van der Waals surface area (Å²) in [6.07, 6.45) is 3.09. The molecule has 7 heteroatoms. The Kier molecular flexibility index (Phi) is 4.44. The summed E-state index contributed by atoms with van der Waals surface area (Å²) in [5.74, 6) is -0.395. The van der Waals surface area contributed by atoms with Crippen LogP contribution >= 0.6 is 0 Å². The van der Waals surface area contributed by atoms with Gasteiger partial charge < -0.3 is 9.84 Å². The Morgan fingerprint density at radius 1 is 1.35 bits per heavy atom. The van der Waals surface area contributed by atoms with Gasteiger partial charge in [0.15, 0.2) is 0 Å². The molecule has 1 aliphatic heterocycles. The largest absolute Gasteiger partial charge is 0.478 e. The molecule has 1 heterocycles. The second-order valence-electron chi connectivity index (χ2n) is 6.33. The van der Waals surface area contributed by atoms with Crippen LogP contribution < -0.4 is 0 Å². The number of carboxylic acid groups (broad SMARTS) is 1. The first-order valence-corrected chi connectivity index (χ1v) is 9.27. The van der Waals surface area contributed by atoms with Crippen molar-refractivity contribution in [1.82, 2.24) is 4.31 Å². The van der Waals surface area contributed by atoms with Crippen LogP contribution in [0.4, 0.5) is 0 Å². The fraction of sp³-hybridized carbons (Fsp3) is 0.562. The Hall–Kier alpha value is -1.44. The van der Waals surface area contributed by atoms with Gasteiger partial charge in [-0.15, -0.1) is 0 Å². The summed E-state index contributed by atoms with van der Waals surface area (Å²) < 4.78 is 32.6. The quantitative estimate of drug-likeness (QED) is 0.855. The van der Waals surface area contributed by atoms with Crippen molar-refractivity contribution < 1.29 is 23.1 Å². The van der Waals surface area contributed by atoms with Gasteiger partial charge in [0.1, 0.15) is 0 Å². The highest BCUT2D eigenvalue weighted by Crippen LogP contribution is 2.30. The fourth-order valence-electron chi connectivity index (χ4n) is 2.79. The predicted octanol–water partition coefficient (Wildman–Crippen LogP) is 1.88. The highest BCUT2D eigenvalue weighted by atomic mass is 32.2. The third kappa shape index (κ3) is 3.57. The molecular formula is C16H21NO5S. The van der Waals surface area contributed by atoms with E-state index in [1.54, 1.807) is 6.92 Å². The molecule has 0 aromatic heterocycles. The van der Waals surface area contributed by atoms with Gasteiger partial charge in [0.2, 0.25) is 10.0 Å². The van der Waals surface area contributed by atoms with Gasteiger partial charge in [0, 0.05) is 19.7 Å². The van der Waals surface area contributed by atoms with Crippen LogP contribution in [0.3, 0.4) is 0 Å². The maximum absolute atomic E-state index is 12.7. The maximum Gasteiger partial charge on any atom is 0.335 e. The molecule has 1 aromatic carbocycles. The molecule has 2 aliphatic rings. The van der Waals surface area contributed by atoms with E-state index >= 15 is 0 Å². The van der Waals surface area contributed by atoms with Crippen LogP contribution in [0.25, 0.3) is 0 Å². The molecule has 2 fully saturated rings. The number of aromatic carboxylic acids is 1. The average Bonchev–Trinajstić information content (AvgIpc) is 3.20. The van der Waals surface area contributed by atoms with E-state index in [0.717, 1.165) is 6.61 Å². The molecule has 1 aliphatic carbocycles. The molecule has 0 radical (unpaired) electrons. The molecule has 0 spiro atoms. The summed E-state index contributed by atoms with van der Waals surface area (Å²) in [4.78, 5) is 11.2. The summed E-state index contributed by atoms with van der Waals surface area (Å²) in [7, 11) is -3.60. The van der Waals surface area contributed by atoms with Crippen molar-refractivity contribution in [2.24, 2.45) is 5.92 Å². The Morgan fingerprint density at radius 2 is 2.09 bits per heavy atom. The number of sulfonamides is 1. The van der Waals surface area contributed by atoms with Gasteiger partial charge in [-0.05, 0) is 55.9 Å². The molecule has 1 saturated carbocycles. The second-order valence-corrected chi connectivity index (χ2v) is 8.27. The van der Waals surface area contributed by atoms with Crippen molar-refractivity contribution in [3.05, 3.63) is 29.3 Å². The number of hydrogen-bond donors (Lipinski definition) is 1. The van der Waals surface area contributed by atoms with Gasteiger partial charge in [-0.2, -0.15) is 4.31 Å². The third-order valence-electron chi connectivity index (χ3n) is 4.44. The molecule has 23 heavy (non-hydrogen) atoms. The molecule has 1 atom stereocenters. The number of benzene rings is 1. The number of ether oxygens (including phenoxy) is 1. The highest BCUT2D eigenvalue weighted by Gasteiger charge is 2.34. The molecule has 6 nitrogen and oxygen atoms in total. The molecule has 3 rings (SSSR count). The molecule has 1 aromatic rings. The lowest BCUT2D eigenvalue weighted by molar-refractivity contribution is 0.0561. The zero-order chi connectivity index (χ0) is 16.6. The Labute approximate surface area is 136 Å². The molecule has 1 unspecified atom stereocenters. The van der Waals surface area contributed by atoms with E-state index in [1.165, 1.54) is 35.3 Å². The molecular weight excluding hydrogens is 318 g/mol. The van der Waals surface area contributed by atoms with Gasteiger partial charge in [-0.3, -0.25) is 0 Å². The van der Waals surface area contributed by atoms with Crippen LogP contribution in [-0.2, 0) is 14.8 Å². The number of carboxylic acids is 1. The smallest absolute Gasteiger partial charge is 0.335 e. The molecule has 0 amide bonds. The van der Waals surface area contributed by atoms with Crippen LogP contribution in [0, 0.1) is 12.8 Å². The summed E-state index contributed by atoms with van der Waals surface area (Å²) >= 11 is 0. The minimum absolute atomic E-state index is 0.0373. The minimum atomic E-state index is -3.60. The number of aryl methyl sites for hydroxylation is 1. The number of nitrogens with zero attached hydrogens (tertiary/aromatic N) is 1. The van der Waals surface area contributed by atoms with E-state index in [4.69, 9.17) is 9.84 Å². The Bertz CT molecular complexity index is 711. The Morgan fingerprint density at radius 3 is 2.70 bits per heavy atom. The van der Waals surface area contributed by atoms with Gasteiger partial charge in [-0.1, -0.05) is 0 Å². The summed E-state index contributed by atoms with van der Waals surface area (Å²) in [6, 6.07) is 4.14. The lowest BCUT2D eigenvalue weighted by atomic mass is 10.1. The number of rotatable bonds is 6. The van der Waals surface area contributed by atoms with Crippen LogP contribution in [0.5, 0.6) is 0 Å². The van der Waals surface area contributed by atoms with Gasteiger partial charge in [0.05, 0.1) is 16.6 Å². The monoisotopic (exact) mass is 339 g/mol. The van der Waals surface area contributed by atoms with Crippen molar-refractivity contribution in [2.45, 2.75) is 37.2 Å². The standard InChI is InChI=1S/C16H21NO5S/c1-11-8-14(4-5-15(11)16(18)19)23(20,21)17-7-6-13(9-17)22-10-12-2-3-12/h4-5,8,12-13H,2-3,6-7,9-10H2,1H3,(H,18,19). The predicted molar refractivity (Wildman–Crippen MR) is 84.0 cm³/mol. The Balaban J connectivity index is 1.71. The van der Waals surface area contributed by atoms with E-state index in [1.807, 2.05) is 0 Å². The van der Waals surface area contributed by atoms with Crippen molar-refractivity contribution in [3.63, 3.8) is 0 Å². The van der Waals surface area contributed by atoms with Crippen molar-refractivity contribution >= 4 is 16.0 Å². The van der Waals surface area contributed by atoms with E-state index < -0.39 is 16.0 Å². The minimum Gasteiger partial charge on any atom is -0.478 e. The molecule has 0 bridgehead atoms. The van der Waals surface area contributed by atoms with E-state index in [0.29, 0.717) is 31.0 Å². The maximum atomic E-state index is 12.7. The topological polar surface area (TPSA) is 83.9 Å². The summed E-state index contributed by atoms with van der Waals surface area (Å²) in [5, 5.41) is 9.04. The first-order chi connectivity index (χ1) is 10.9. The number of carbonyl (C=O) groups is 1. The van der Waals surface area contributed by atoms with E-state index in [-0.39, 0.29) is 16.6 Å². The fourth-order valence-corrected chi connectivity index (χ4v) is 4.37. The molecule has 1 N–H and O–H groups in total. The van der Waals surface area contributed by atoms with Crippen LogP contribution in [0.1, 0.15) is 35.2 Å². The van der Waals surface area contributed by atoms with Crippen LogP contribution in [-0.4, -0.2) is 49.6 Å². The van der Waals surface area contributed by atoms with Gasteiger partial charge in [-0.25, -0.2) is 13.2 Å². The zero-order valence-electron chi connectivity index (χ0n) is 13.1. The van der Waals surface area contributed by atoms with Crippen molar-refractivity contribution in [2.75, 3.05) is 19.7 Å². The van der Waals surface area contributed by atoms with Crippen molar-refractivity contribution in [3.8, 4) is 0 Å². The van der Waals surface area contributed by atoms with Gasteiger partial charge >= 0.3 is 5.97 Å². The van der Waals surface area contributed by atoms with E-state index in [9.17, 15) is 13.2 Å². The van der Waals surface area contributed by atoms with Crippen LogP contribution in [0.2, 0.25) is 0 Å². The zero-order valence-corrected chi connectivity index (χ0v) is 13.9. The summed E-state index contributed by atoms with van der Waals surface area (Å²) in [6.45, 7) is 3.14. The van der Waals surface area contributed by atoms with Gasteiger partial charge in [0.25, 0.3) is 0 Å².